The summed E-state index contributed by atoms with van der Waals surface area (Å²) >= 11 is 5.25. The Morgan fingerprint density at radius 2 is 1.77 bits per heavy atom. The van der Waals surface area contributed by atoms with Gasteiger partial charge in [0.1, 0.15) is 5.57 Å². The number of benzene rings is 1. The molecule has 0 radical (unpaired) electrons. The smallest absolute Gasteiger partial charge is 0.265 e. The number of likely N-dealkylation sites (N-methyl/N-ethyl adjacent to an activating group) is 2. The summed E-state index contributed by atoms with van der Waals surface area (Å²) in [5.74, 6) is -0.571. The highest BCUT2D eigenvalue weighted by molar-refractivity contribution is 7.80. The molecule has 1 aromatic carbocycles. The van der Waals surface area contributed by atoms with Crippen LogP contribution in [-0.4, -0.2) is 52.0 Å². The molecule has 26 heavy (non-hydrogen) atoms. The van der Waals surface area contributed by atoms with Gasteiger partial charge in [-0.1, -0.05) is 6.08 Å². The number of phenols is 1. The Labute approximate surface area is 158 Å². The van der Waals surface area contributed by atoms with Crippen LogP contribution in [0.25, 0.3) is 6.08 Å². The quantitative estimate of drug-likeness (QED) is 0.359. The van der Waals surface area contributed by atoms with E-state index >= 15 is 0 Å². The number of phenolic OH excluding ortho intramolecular Hbond substituents is 1. The second-order valence-electron chi connectivity index (χ2n) is 5.66. The number of allylic oxidation sites excluding steroid dienone is 1. The molecule has 0 atom stereocenters. The average Bonchev–Trinajstić information content (AvgIpc) is 2.62. The van der Waals surface area contributed by atoms with Gasteiger partial charge in [-0.3, -0.25) is 19.4 Å². The van der Waals surface area contributed by atoms with Gasteiger partial charge in [-0.15, -0.1) is 6.58 Å². The van der Waals surface area contributed by atoms with Crippen LogP contribution in [0.1, 0.15) is 25.0 Å². The van der Waals surface area contributed by atoms with E-state index in [1.807, 2.05) is 0 Å². The first-order valence-electron chi connectivity index (χ1n) is 8.29. The predicted molar refractivity (Wildman–Crippen MR) is 104 cm³/mol. The van der Waals surface area contributed by atoms with Crippen LogP contribution in [0.4, 0.5) is 0 Å². The molecule has 0 saturated carbocycles. The number of carbonyl (C=O) groups is 2. The summed E-state index contributed by atoms with van der Waals surface area (Å²) in [5.41, 5.74) is 1.20. The maximum absolute atomic E-state index is 12.7. The molecule has 1 fully saturated rings. The molecule has 6 nitrogen and oxygen atoms in total. The van der Waals surface area contributed by atoms with E-state index in [1.165, 1.54) is 23.0 Å². The first-order chi connectivity index (χ1) is 12.4. The van der Waals surface area contributed by atoms with Crippen LogP contribution in [-0.2, 0) is 16.0 Å². The predicted octanol–water partition coefficient (Wildman–Crippen LogP) is 2.51. The molecule has 1 aromatic rings. The lowest BCUT2D eigenvalue weighted by atomic mass is 10.0. The molecule has 2 amide bonds. The highest BCUT2D eigenvalue weighted by atomic mass is 32.1. The van der Waals surface area contributed by atoms with E-state index in [4.69, 9.17) is 17.0 Å². The van der Waals surface area contributed by atoms with E-state index in [2.05, 4.69) is 6.58 Å². The highest BCUT2D eigenvalue weighted by Gasteiger charge is 2.37. The molecule has 1 aliphatic heterocycles. The minimum atomic E-state index is -0.426. The van der Waals surface area contributed by atoms with Crippen molar-refractivity contribution in [2.45, 2.75) is 20.3 Å². The van der Waals surface area contributed by atoms with Gasteiger partial charge in [0, 0.05) is 18.7 Å². The lowest BCUT2D eigenvalue weighted by molar-refractivity contribution is -0.133. The third-order valence-electron chi connectivity index (χ3n) is 4.12. The van der Waals surface area contributed by atoms with Gasteiger partial charge in [-0.05, 0) is 56.3 Å². The van der Waals surface area contributed by atoms with Gasteiger partial charge in [0.05, 0.1) is 7.11 Å². The fourth-order valence-corrected chi connectivity index (χ4v) is 3.21. The first-order valence-corrected chi connectivity index (χ1v) is 8.70. The summed E-state index contributed by atoms with van der Waals surface area (Å²) in [5, 5.41) is 10.4. The maximum Gasteiger partial charge on any atom is 0.265 e. The number of aromatic hydroxyl groups is 1. The van der Waals surface area contributed by atoms with Crippen molar-refractivity contribution in [2.24, 2.45) is 0 Å². The topological polar surface area (TPSA) is 70.1 Å². The van der Waals surface area contributed by atoms with Crippen LogP contribution in [0.2, 0.25) is 0 Å². The van der Waals surface area contributed by atoms with Gasteiger partial charge in [0.15, 0.2) is 16.6 Å². The molecule has 1 saturated heterocycles. The number of carbonyl (C=O) groups excluding carboxylic acids is 2. The molecule has 2 rings (SSSR count). The molecule has 1 N–H and O–H groups in total. The van der Waals surface area contributed by atoms with Crippen molar-refractivity contribution in [3.63, 3.8) is 0 Å². The van der Waals surface area contributed by atoms with Crippen LogP contribution in [0.5, 0.6) is 11.5 Å². The summed E-state index contributed by atoms with van der Waals surface area (Å²) in [6.45, 7) is 8.02. The number of hydrogen-bond acceptors (Lipinski definition) is 5. The van der Waals surface area contributed by atoms with E-state index in [0.717, 1.165) is 0 Å². The summed E-state index contributed by atoms with van der Waals surface area (Å²) in [6.07, 6.45) is 3.58. The van der Waals surface area contributed by atoms with Crippen molar-refractivity contribution < 1.29 is 19.4 Å². The lowest BCUT2D eigenvalue weighted by Crippen LogP contribution is -2.55. The summed E-state index contributed by atoms with van der Waals surface area (Å²) in [6, 6.07) is 3.28. The largest absolute Gasteiger partial charge is 0.504 e. The maximum atomic E-state index is 12.7. The molecular formula is C19H22N2O4S. The molecule has 1 aliphatic rings. The second-order valence-corrected chi connectivity index (χ2v) is 6.03. The number of amides is 2. The Bertz CT molecular complexity index is 773. The molecule has 1 heterocycles. The summed E-state index contributed by atoms with van der Waals surface area (Å²) in [7, 11) is 1.44. The number of ether oxygens (including phenoxy) is 1. The third kappa shape index (κ3) is 3.48. The summed E-state index contributed by atoms with van der Waals surface area (Å²) < 4.78 is 5.19. The Morgan fingerprint density at radius 3 is 2.23 bits per heavy atom. The first kappa shape index (κ1) is 19.7. The Hall–Kier alpha value is -2.67. The monoisotopic (exact) mass is 374 g/mol. The molecule has 0 aliphatic carbocycles. The van der Waals surface area contributed by atoms with Gasteiger partial charge >= 0.3 is 0 Å². The molecule has 0 spiro atoms. The number of hydrogen-bond donors (Lipinski definition) is 1. The average molecular weight is 374 g/mol. The molecule has 138 valence electrons. The van der Waals surface area contributed by atoms with Crippen molar-refractivity contribution in [2.75, 3.05) is 20.2 Å². The molecule has 7 heteroatoms. The van der Waals surface area contributed by atoms with E-state index in [9.17, 15) is 14.7 Å². The molecule has 0 bridgehead atoms. The van der Waals surface area contributed by atoms with Gasteiger partial charge in [-0.25, -0.2) is 0 Å². The van der Waals surface area contributed by atoms with Gasteiger partial charge < -0.3 is 9.84 Å². The van der Waals surface area contributed by atoms with Gasteiger partial charge in [-0.2, -0.15) is 0 Å². The zero-order chi connectivity index (χ0) is 19.4. The third-order valence-corrected chi connectivity index (χ3v) is 4.56. The van der Waals surface area contributed by atoms with Crippen LogP contribution in [0.3, 0.4) is 0 Å². The van der Waals surface area contributed by atoms with E-state index in [-0.39, 0.29) is 22.2 Å². The minimum absolute atomic E-state index is 0.0161. The molecular weight excluding hydrogens is 352 g/mol. The Morgan fingerprint density at radius 1 is 1.19 bits per heavy atom. The van der Waals surface area contributed by atoms with Crippen molar-refractivity contribution >= 4 is 35.2 Å². The van der Waals surface area contributed by atoms with Crippen molar-refractivity contribution in [1.29, 1.82) is 0 Å². The van der Waals surface area contributed by atoms with E-state index < -0.39 is 11.8 Å². The fraction of sp³-hybridized carbons (Fsp3) is 0.316. The van der Waals surface area contributed by atoms with Crippen LogP contribution < -0.4 is 4.74 Å². The van der Waals surface area contributed by atoms with E-state index in [1.54, 1.807) is 32.1 Å². The van der Waals surface area contributed by atoms with E-state index in [0.29, 0.717) is 30.6 Å². The highest BCUT2D eigenvalue weighted by Crippen LogP contribution is 2.33. The summed E-state index contributed by atoms with van der Waals surface area (Å²) in [4.78, 5) is 28.2. The zero-order valence-electron chi connectivity index (χ0n) is 15.1. The lowest BCUT2D eigenvalue weighted by Gasteiger charge is -2.35. The number of rotatable bonds is 6. The van der Waals surface area contributed by atoms with Gasteiger partial charge in [0.25, 0.3) is 11.8 Å². The number of nitrogens with zero attached hydrogens (tertiary/aromatic N) is 2. The molecule has 0 unspecified atom stereocenters. The fourth-order valence-electron chi connectivity index (χ4n) is 2.79. The standard InChI is InChI=1S/C19H22N2O4S/c1-5-8-13-9-12(11-15(25-4)16(13)22)10-14-17(23)20(6-2)19(26)21(7-3)18(14)24/h5,9-11,22H,1,6-8H2,2-4H3. The van der Waals surface area contributed by atoms with Crippen LogP contribution in [0, 0.1) is 0 Å². The minimum Gasteiger partial charge on any atom is -0.504 e. The number of methoxy groups -OCH3 is 1. The normalized spacial score (nSPS) is 14.7. The van der Waals surface area contributed by atoms with Crippen LogP contribution >= 0.6 is 12.2 Å². The van der Waals surface area contributed by atoms with Gasteiger partial charge in [0.2, 0.25) is 0 Å². The van der Waals surface area contributed by atoms with Crippen molar-refractivity contribution in [3.05, 3.63) is 41.5 Å². The SMILES string of the molecule is C=CCc1cc(C=C2C(=O)N(CC)C(=S)N(CC)C2=O)cc(OC)c1O. The number of thiocarbonyl (C=S) groups is 1. The Balaban J connectivity index is 2.57. The zero-order valence-corrected chi connectivity index (χ0v) is 15.9. The van der Waals surface area contributed by atoms with Crippen LogP contribution in [0.15, 0.2) is 30.4 Å². The molecule has 0 aromatic heterocycles. The van der Waals surface area contributed by atoms with Crippen molar-refractivity contribution in [1.82, 2.24) is 9.80 Å². The Kier molecular flexibility index (Phi) is 6.15. The second kappa shape index (κ2) is 8.14. The van der Waals surface area contributed by atoms with Crippen molar-refractivity contribution in [3.8, 4) is 11.5 Å².